The molecule has 6 N–H and O–H groups in total. The number of hydrogen-bond acceptors (Lipinski definition) is 9. The lowest BCUT2D eigenvalue weighted by molar-refractivity contribution is 0.440. The van der Waals surface area contributed by atoms with Crippen LogP contribution in [0, 0.1) is 0 Å². The number of pyridine rings is 1. The number of rotatable bonds is 7. The first-order valence-electron chi connectivity index (χ1n) is 10.9. The third kappa shape index (κ3) is 5.65. The SMILES string of the molecule is CC(C)(CN)[S@@+]([O-])NC1CC(c2cnc(Sc3ccnc(N)c3Cl)cn2)NCc2ccccc21. The summed E-state index contributed by atoms with van der Waals surface area (Å²) >= 11 is 6.32. The fourth-order valence-corrected chi connectivity index (χ4v) is 5.55. The summed E-state index contributed by atoms with van der Waals surface area (Å²) in [5, 5.41) is 4.69. The van der Waals surface area contributed by atoms with Gasteiger partial charge in [0, 0.05) is 35.5 Å². The van der Waals surface area contributed by atoms with Crippen LogP contribution in [0.2, 0.25) is 5.02 Å². The minimum atomic E-state index is -1.31. The summed E-state index contributed by atoms with van der Waals surface area (Å²) in [5.74, 6) is 0.284. The van der Waals surface area contributed by atoms with Gasteiger partial charge in [-0.15, -0.1) is 4.72 Å². The topological polar surface area (TPSA) is 138 Å². The van der Waals surface area contributed by atoms with E-state index in [9.17, 15) is 4.55 Å². The number of anilines is 1. The van der Waals surface area contributed by atoms with Crippen molar-refractivity contribution in [1.29, 1.82) is 0 Å². The van der Waals surface area contributed by atoms with E-state index in [-0.39, 0.29) is 17.9 Å². The van der Waals surface area contributed by atoms with Crippen molar-refractivity contribution in [2.24, 2.45) is 5.73 Å². The Labute approximate surface area is 212 Å². The van der Waals surface area contributed by atoms with Gasteiger partial charge in [0.05, 0.1) is 35.2 Å². The first-order valence-corrected chi connectivity index (χ1v) is 13.2. The fraction of sp³-hybridized carbons (Fsp3) is 0.348. The molecule has 1 aromatic carbocycles. The number of hydrogen-bond donors (Lipinski definition) is 4. The molecule has 0 saturated carbocycles. The van der Waals surface area contributed by atoms with Gasteiger partial charge in [-0.3, -0.25) is 4.98 Å². The lowest BCUT2D eigenvalue weighted by Gasteiger charge is -2.30. The molecule has 0 aliphatic carbocycles. The first kappa shape index (κ1) is 25.2. The highest BCUT2D eigenvalue weighted by atomic mass is 35.5. The summed E-state index contributed by atoms with van der Waals surface area (Å²) in [7, 11) is 0. The largest absolute Gasteiger partial charge is 0.598 e. The molecule has 3 heterocycles. The molecule has 2 unspecified atom stereocenters. The van der Waals surface area contributed by atoms with Gasteiger partial charge in [0.2, 0.25) is 0 Å². The van der Waals surface area contributed by atoms with Crippen LogP contribution in [-0.4, -0.2) is 30.8 Å². The number of nitrogens with one attached hydrogen (secondary N) is 2. The predicted octanol–water partition coefficient (Wildman–Crippen LogP) is 3.52. The number of fused-ring (bicyclic) bond motifs is 1. The molecule has 180 valence electrons. The van der Waals surface area contributed by atoms with E-state index in [4.69, 9.17) is 23.1 Å². The fourth-order valence-electron chi connectivity index (χ4n) is 3.61. The molecule has 0 radical (unpaired) electrons. The van der Waals surface area contributed by atoms with Crippen LogP contribution in [0.3, 0.4) is 0 Å². The minimum absolute atomic E-state index is 0.0744. The maximum Gasteiger partial charge on any atom is 0.151 e. The smallest absolute Gasteiger partial charge is 0.151 e. The maximum absolute atomic E-state index is 13.0. The highest BCUT2D eigenvalue weighted by Crippen LogP contribution is 2.36. The molecule has 2 aromatic heterocycles. The van der Waals surface area contributed by atoms with Crippen molar-refractivity contribution in [2.75, 3.05) is 12.3 Å². The first-order chi connectivity index (χ1) is 16.3. The van der Waals surface area contributed by atoms with Crippen molar-refractivity contribution in [3.05, 3.63) is 70.8 Å². The van der Waals surface area contributed by atoms with Gasteiger partial charge in [-0.25, -0.2) is 9.97 Å². The molecule has 4 rings (SSSR count). The zero-order chi connectivity index (χ0) is 24.3. The van der Waals surface area contributed by atoms with Crippen LogP contribution in [0.5, 0.6) is 0 Å². The van der Waals surface area contributed by atoms with Gasteiger partial charge in [0.1, 0.15) is 10.8 Å². The summed E-state index contributed by atoms with van der Waals surface area (Å²) in [6.45, 7) is 4.80. The van der Waals surface area contributed by atoms with Crippen molar-refractivity contribution in [2.45, 2.75) is 53.6 Å². The van der Waals surface area contributed by atoms with E-state index in [1.807, 2.05) is 26.0 Å². The van der Waals surface area contributed by atoms with Crippen LogP contribution in [0.15, 0.2) is 58.8 Å². The molecular weight excluding hydrogens is 490 g/mol. The maximum atomic E-state index is 13.0. The number of benzene rings is 1. The van der Waals surface area contributed by atoms with Crippen LogP contribution < -0.4 is 21.5 Å². The van der Waals surface area contributed by atoms with Crippen molar-refractivity contribution in [3.8, 4) is 0 Å². The number of halogens is 1. The Morgan fingerprint density at radius 1 is 1.24 bits per heavy atom. The van der Waals surface area contributed by atoms with Crippen LogP contribution >= 0.6 is 23.4 Å². The molecule has 11 heteroatoms. The number of aromatic nitrogens is 3. The van der Waals surface area contributed by atoms with E-state index in [0.29, 0.717) is 29.6 Å². The molecule has 1 aliphatic heterocycles. The molecular formula is C23H28ClN7OS2. The summed E-state index contributed by atoms with van der Waals surface area (Å²) in [6.07, 6.45) is 5.77. The van der Waals surface area contributed by atoms with Gasteiger partial charge in [-0.1, -0.05) is 47.6 Å². The van der Waals surface area contributed by atoms with Gasteiger partial charge < -0.3 is 21.3 Å². The zero-order valence-electron chi connectivity index (χ0n) is 19.0. The highest BCUT2D eigenvalue weighted by molar-refractivity contribution is 7.99. The zero-order valence-corrected chi connectivity index (χ0v) is 21.4. The standard InChI is InChI=1S/C23H28ClN7OS2/c1-23(2,13-25)34(32)31-16-9-17(28-10-14-5-3-4-6-15(14)16)18-11-30-20(12-29-18)33-19-7-8-27-22(26)21(19)24/h3-8,11-12,16-17,28,31H,9-10,13,25H2,1-2H3,(H2,26,27)/t16?,17?,34-/m1/s1. The molecule has 0 fully saturated rings. The summed E-state index contributed by atoms with van der Waals surface area (Å²) in [6, 6.07) is 9.79. The average molecular weight is 518 g/mol. The molecule has 3 atom stereocenters. The van der Waals surface area contributed by atoms with Crippen LogP contribution in [0.1, 0.15) is 49.2 Å². The van der Waals surface area contributed by atoms with E-state index in [0.717, 1.165) is 21.7 Å². The third-order valence-electron chi connectivity index (χ3n) is 5.78. The molecule has 8 nitrogen and oxygen atoms in total. The second kappa shape index (κ2) is 10.8. The molecule has 0 bridgehead atoms. The number of nitrogens with zero attached hydrogens (tertiary/aromatic N) is 3. The monoisotopic (exact) mass is 517 g/mol. The van der Waals surface area contributed by atoms with Crippen LogP contribution in [-0.2, 0) is 17.9 Å². The summed E-state index contributed by atoms with van der Waals surface area (Å²) in [4.78, 5) is 14.0. The Kier molecular flexibility index (Phi) is 7.98. The Morgan fingerprint density at radius 3 is 2.76 bits per heavy atom. The van der Waals surface area contributed by atoms with Gasteiger partial charge in [0.15, 0.2) is 4.75 Å². The molecule has 1 aliphatic rings. The Hall–Kier alpha value is -1.92. The Balaban J connectivity index is 1.54. The lowest BCUT2D eigenvalue weighted by Crippen LogP contribution is -2.48. The second-order valence-electron chi connectivity index (χ2n) is 8.66. The summed E-state index contributed by atoms with van der Waals surface area (Å²) in [5.41, 5.74) is 14.8. The second-order valence-corrected chi connectivity index (χ2v) is 12.0. The average Bonchev–Trinajstić information content (AvgIpc) is 3.02. The Bertz CT molecular complexity index is 1130. The van der Waals surface area contributed by atoms with Gasteiger partial charge in [-0.05, 0) is 37.5 Å². The van der Waals surface area contributed by atoms with E-state index in [1.165, 1.54) is 11.8 Å². The number of nitrogens with two attached hydrogens (primary N) is 2. The van der Waals surface area contributed by atoms with Crippen molar-refractivity contribution in [1.82, 2.24) is 25.0 Å². The van der Waals surface area contributed by atoms with E-state index in [1.54, 1.807) is 24.7 Å². The van der Waals surface area contributed by atoms with Gasteiger partial charge >= 0.3 is 0 Å². The van der Waals surface area contributed by atoms with E-state index < -0.39 is 16.1 Å². The normalized spacial score (nSPS) is 19.3. The molecule has 3 aromatic rings. The molecule has 0 amide bonds. The van der Waals surface area contributed by atoms with Crippen LogP contribution in [0.4, 0.5) is 5.82 Å². The third-order valence-corrected chi connectivity index (χ3v) is 8.94. The van der Waals surface area contributed by atoms with E-state index in [2.05, 4.69) is 37.1 Å². The Morgan fingerprint density at radius 2 is 2.03 bits per heavy atom. The number of nitrogen functional groups attached to an aromatic ring is 1. The van der Waals surface area contributed by atoms with Crippen molar-refractivity contribution < 1.29 is 4.55 Å². The molecule has 0 spiro atoms. The quantitative estimate of drug-likeness (QED) is 0.346. The lowest BCUT2D eigenvalue weighted by atomic mass is 9.97. The van der Waals surface area contributed by atoms with Crippen molar-refractivity contribution in [3.63, 3.8) is 0 Å². The minimum Gasteiger partial charge on any atom is -0.598 e. The van der Waals surface area contributed by atoms with Crippen LogP contribution in [0.25, 0.3) is 0 Å². The van der Waals surface area contributed by atoms with Crippen molar-refractivity contribution >= 4 is 40.5 Å². The van der Waals surface area contributed by atoms with Gasteiger partial charge in [-0.2, -0.15) is 0 Å². The highest BCUT2D eigenvalue weighted by Gasteiger charge is 2.36. The molecule has 0 saturated heterocycles. The predicted molar refractivity (Wildman–Crippen MR) is 138 cm³/mol. The summed E-state index contributed by atoms with van der Waals surface area (Å²) < 4.78 is 15.8. The van der Waals surface area contributed by atoms with E-state index >= 15 is 0 Å². The molecule has 34 heavy (non-hydrogen) atoms. The van der Waals surface area contributed by atoms with Gasteiger partial charge in [0.25, 0.3) is 0 Å².